The number of aliphatic carboxylic acids is 1. The molecule has 6 heteroatoms. The Hall–Kier alpha value is -2.44. The van der Waals surface area contributed by atoms with Crippen LogP contribution in [-0.2, 0) is 16.0 Å². The second-order valence-corrected chi connectivity index (χ2v) is 7.68. The Bertz CT molecular complexity index is 876. The molecular weight excluding hydrogens is 366 g/mol. The normalized spacial score (nSPS) is 17.0. The minimum absolute atomic E-state index is 0.209. The van der Waals surface area contributed by atoms with Crippen molar-refractivity contribution in [2.45, 2.75) is 19.4 Å². The van der Waals surface area contributed by atoms with E-state index in [4.69, 9.17) is 12.2 Å². The minimum atomic E-state index is -1.07. The Balaban J connectivity index is 1.86. The Labute approximate surface area is 161 Å². The number of hydrogen-bond donors (Lipinski definition) is 1. The van der Waals surface area contributed by atoms with Crippen molar-refractivity contribution in [2.75, 3.05) is 0 Å². The molecule has 0 radical (unpaired) electrons. The lowest BCUT2D eigenvalue weighted by atomic mass is 10.0. The van der Waals surface area contributed by atoms with Crippen LogP contribution in [0.5, 0.6) is 0 Å². The number of nitrogens with zero attached hydrogens (tertiary/aromatic N) is 1. The molecule has 0 spiro atoms. The summed E-state index contributed by atoms with van der Waals surface area (Å²) in [5, 5.41) is 9.65. The van der Waals surface area contributed by atoms with E-state index in [9.17, 15) is 14.7 Å². The summed E-state index contributed by atoms with van der Waals surface area (Å²) >= 11 is 6.45. The van der Waals surface area contributed by atoms with Crippen molar-refractivity contribution in [2.24, 2.45) is 0 Å². The molecule has 2 aromatic rings. The van der Waals surface area contributed by atoms with E-state index in [1.807, 2.05) is 61.5 Å². The summed E-state index contributed by atoms with van der Waals surface area (Å²) < 4.78 is 0.275. The van der Waals surface area contributed by atoms with Crippen molar-refractivity contribution in [3.05, 3.63) is 76.2 Å². The first-order chi connectivity index (χ1) is 12.5. The number of thioether (sulfide) groups is 1. The molecule has 1 aliphatic rings. The van der Waals surface area contributed by atoms with Crippen LogP contribution in [0.3, 0.4) is 0 Å². The average Bonchev–Trinajstić information content (AvgIpc) is 2.89. The van der Waals surface area contributed by atoms with E-state index >= 15 is 0 Å². The summed E-state index contributed by atoms with van der Waals surface area (Å²) in [4.78, 5) is 26.3. The summed E-state index contributed by atoms with van der Waals surface area (Å²) in [7, 11) is 0. The topological polar surface area (TPSA) is 57.6 Å². The molecule has 1 fully saturated rings. The summed E-state index contributed by atoms with van der Waals surface area (Å²) in [5.74, 6) is -1.43. The second kappa shape index (κ2) is 7.85. The van der Waals surface area contributed by atoms with Crippen LogP contribution in [-0.4, -0.2) is 32.2 Å². The smallest absolute Gasteiger partial charge is 0.327 e. The molecule has 4 nitrogen and oxygen atoms in total. The largest absolute Gasteiger partial charge is 0.480 e. The molecule has 26 heavy (non-hydrogen) atoms. The minimum Gasteiger partial charge on any atom is -0.480 e. The van der Waals surface area contributed by atoms with Gasteiger partial charge < -0.3 is 5.11 Å². The Morgan fingerprint density at radius 1 is 1.19 bits per heavy atom. The maximum atomic E-state index is 12.8. The van der Waals surface area contributed by atoms with E-state index < -0.39 is 12.0 Å². The Kier molecular flexibility index (Phi) is 5.54. The number of rotatable bonds is 5. The third kappa shape index (κ3) is 4.03. The van der Waals surface area contributed by atoms with Crippen molar-refractivity contribution in [3.8, 4) is 0 Å². The molecule has 0 bridgehead atoms. The zero-order valence-corrected chi connectivity index (χ0v) is 15.7. The highest BCUT2D eigenvalue weighted by Gasteiger charge is 2.40. The van der Waals surface area contributed by atoms with Gasteiger partial charge in [0.2, 0.25) is 0 Å². The van der Waals surface area contributed by atoms with Gasteiger partial charge in [0.25, 0.3) is 5.91 Å². The van der Waals surface area contributed by atoms with Gasteiger partial charge in [-0.15, -0.1) is 0 Å². The third-order valence-electron chi connectivity index (χ3n) is 4.07. The highest BCUT2D eigenvalue weighted by molar-refractivity contribution is 8.26. The Morgan fingerprint density at radius 2 is 1.85 bits per heavy atom. The highest BCUT2D eigenvalue weighted by Crippen LogP contribution is 2.34. The first-order valence-electron chi connectivity index (χ1n) is 8.06. The van der Waals surface area contributed by atoms with E-state index in [0.717, 1.165) is 28.5 Å². The van der Waals surface area contributed by atoms with Crippen LogP contribution in [0.4, 0.5) is 0 Å². The van der Waals surface area contributed by atoms with Crippen molar-refractivity contribution in [1.29, 1.82) is 0 Å². The highest BCUT2D eigenvalue weighted by atomic mass is 32.2. The van der Waals surface area contributed by atoms with Crippen LogP contribution in [0.1, 0.15) is 16.7 Å². The molecule has 1 heterocycles. The fourth-order valence-corrected chi connectivity index (χ4v) is 4.05. The number of carbonyl (C=O) groups is 2. The number of aryl methyl sites for hydroxylation is 1. The molecule has 2 aromatic carbocycles. The van der Waals surface area contributed by atoms with Gasteiger partial charge in [0.15, 0.2) is 0 Å². The predicted octanol–water partition coefficient (Wildman–Crippen LogP) is 3.89. The quantitative estimate of drug-likeness (QED) is 0.627. The molecule has 3 rings (SSSR count). The number of benzene rings is 2. The van der Waals surface area contributed by atoms with Crippen molar-refractivity contribution < 1.29 is 14.7 Å². The molecule has 1 N–H and O–H groups in total. The molecule has 0 aromatic heterocycles. The molecule has 1 unspecified atom stereocenters. The average molecular weight is 383 g/mol. The molecule has 1 amide bonds. The van der Waals surface area contributed by atoms with Gasteiger partial charge in [0.05, 0.1) is 4.91 Å². The third-order valence-corrected chi connectivity index (χ3v) is 5.40. The van der Waals surface area contributed by atoms with Crippen molar-refractivity contribution >= 4 is 46.3 Å². The number of amides is 1. The maximum absolute atomic E-state index is 12.8. The van der Waals surface area contributed by atoms with Crippen LogP contribution < -0.4 is 0 Å². The van der Waals surface area contributed by atoms with Crippen LogP contribution in [0.2, 0.25) is 0 Å². The fraction of sp³-hybridized carbons (Fsp3) is 0.150. The molecule has 1 aliphatic heterocycles. The van der Waals surface area contributed by atoms with Gasteiger partial charge in [-0.25, -0.2) is 4.79 Å². The van der Waals surface area contributed by atoms with Crippen molar-refractivity contribution in [1.82, 2.24) is 4.90 Å². The SMILES string of the molecule is Cc1ccc(/C=C2/SC(=S)N(C(Cc3ccccc3)C(=O)O)C2=O)cc1. The van der Waals surface area contributed by atoms with E-state index in [-0.39, 0.29) is 16.6 Å². The molecule has 1 saturated heterocycles. The second-order valence-electron chi connectivity index (χ2n) is 6.01. The van der Waals surface area contributed by atoms with E-state index in [2.05, 4.69) is 0 Å². The van der Waals surface area contributed by atoms with Gasteiger partial charge in [-0.2, -0.15) is 0 Å². The number of carboxylic acid groups (broad SMARTS) is 1. The van der Waals surface area contributed by atoms with Gasteiger partial charge in [-0.3, -0.25) is 9.69 Å². The monoisotopic (exact) mass is 383 g/mol. The lowest BCUT2D eigenvalue weighted by Gasteiger charge is -2.23. The van der Waals surface area contributed by atoms with Crippen LogP contribution in [0, 0.1) is 6.92 Å². The van der Waals surface area contributed by atoms with Gasteiger partial charge in [0.1, 0.15) is 10.4 Å². The van der Waals surface area contributed by atoms with E-state index in [1.165, 1.54) is 4.90 Å². The fourth-order valence-electron chi connectivity index (χ4n) is 2.69. The first kappa shape index (κ1) is 18.4. The van der Waals surface area contributed by atoms with Gasteiger partial charge in [-0.05, 0) is 24.1 Å². The van der Waals surface area contributed by atoms with Crippen LogP contribution >= 0.6 is 24.0 Å². The van der Waals surface area contributed by atoms with E-state index in [1.54, 1.807) is 6.08 Å². The van der Waals surface area contributed by atoms with Gasteiger partial charge >= 0.3 is 5.97 Å². The van der Waals surface area contributed by atoms with Crippen LogP contribution in [0.15, 0.2) is 59.5 Å². The lowest BCUT2D eigenvalue weighted by molar-refractivity contribution is -0.145. The molecule has 132 valence electrons. The number of carboxylic acids is 1. The molecule has 1 atom stereocenters. The zero-order valence-electron chi connectivity index (χ0n) is 14.1. The van der Waals surface area contributed by atoms with E-state index in [0.29, 0.717) is 4.91 Å². The summed E-state index contributed by atoms with van der Waals surface area (Å²) in [6.07, 6.45) is 1.96. The molecule has 0 saturated carbocycles. The standard InChI is InChI=1S/C20H17NO3S2/c1-13-7-9-15(10-8-13)12-17-18(22)21(20(25)26-17)16(19(23)24)11-14-5-3-2-4-6-14/h2-10,12,16H,11H2,1H3,(H,23,24)/b17-12+. The lowest BCUT2D eigenvalue weighted by Crippen LogP contribution is -2.45. The molecule has 0 aliphatic carbocycles. The number of thiocarbonyl (C=S) groups is 1. The van der Waals surface area contributed by atoms with Crippen LogP contribution in [0.25, 0.3) is 6.08 Å². The first-order valence-corrected chi connectivity index (χ1v) is 9.28. The van der Waals surface area contributed by atoms with Gasteiger partial charge in [-0.1, -0.05) is 84.1 Å². The number of hydrogen-bond acceptors (Lipinski definition) is 4. The summed E-state index contributed by atoms with van der Waals surface area (Å²) in [6, 6.07) is 16.0. The summed E-state index contributed by atoms with van der Waals surface area (Å²) in [5.41, 5.74) is 2.85. The zero-order chi connectivity index (χ0) is 18.7. The Morgan fingerprint density at radius 3 is 2.46 bits per heavy atom. The maximum Gasteiger partial charge on any atom is 0.327 e. The predicted molar refractivity (Wildman–Crippen MR) is 108 cm³/mol. The number of carbonyl (C=O) groups excluding carboxylic acids is 1. The molecular formula is C20H17NO3S2. The summed E-state index contributed by atoms with van der Waals surface area (Å²) in [6.45, 7) is 1.99. The van der Waals surface area contributed by atoms with Crippen molar-refractivity contribution in [3.63, 3.8) is 0 Å². The van der Waals surface area contributed by atoms with Gasteiger partial charge in [0, 0.05) is 6.42 Å².